The molecule has 1 aromatic rings. The summed E-state index contributed by atoms with van der Waals surface area (Å²) in [7, 11) is 0. The fourth-order valence-electron chi connectivity index (χ4n) is 3.18. The Labute approximate surface area is 116 Å². The van der Waals surface area contributed by atoms with Gasteiger partial charge in [0.1, 0.15) is 0 Å². The summed E-state index contributed by atoms with van der Waals surface area (Å²) in [5.41, 5.74) is 14.5. The monoisotopic (exact) mass is 253 g/mol. The second kappa shape index (κ2) is 4.35. The second-order valence-electron chi connectivity index (χ2n) is 6.34. The van der Waals surface area contributed by atoms with Gasteiger partial charge in [0.2, 0.25) is 0 Å². The van der Waals surface area contributed by atoms with Crippen LogP contribution in [0.15, 0.2) is 23.3 Å². The summed E-state index contributed by atoms with van der Waals surface area (Å²) in [4.78, 5) is 0. The van der Waals surface area contributed by atoms with Gasteiger partial charge in [-0.2, -0.15) is 0 Å². The van der Waals surface area contributed by atoms with Crippen LogP contribution in [0.25, 0.3) is 12.2 Å². The molecule has 3 rings (SSSR count). The third-order valence-electron chi connectivity index (χ3n) is 4.75. The number of hydrogen-bond donors (Lipinski definition) is 1. The van der Waals surface area contributed by atoms with Crippen LogP contribution in [-0.2, 0) is 6.54 Å². The lowest BCUT2D eigenvalue weighted by Gasteiger charge is -2.12. The van der Waals surface area contributed by atoms with Crippen LogP contribution < -0.4 is 5.73 Å². The summed E-state index contributed by atoms with van der Waals surface area (Å²) in [5.74, 6) is 2.02. The van der Waals surface area contributed by atoms with Gasteiger partial charge < -0.3 is 5.73 Å². The third kappa shape index (κ3) is 1.97. The zero-order valence-corrected chi connectivity index (χ0v) is 12.3. The number of allylic oxidation sites excluding steroid dienone is 2. The van der Waals surface area contributed by atoms with Gasteiger partial charge in [-0.15, -0.1) is 0 Å². The standard InChI is InChI=1S/C18H23N/c1-10(2)11(3)5-13-6-14-8-16-12(4)17(16)18(14)15(7-13)9-19/h5-8,10,12,17H,9,19H2,1-4H3/b11-5+. The Morgan fingerprint density at radius 1 is 1.37 bits per heavy atom. The van der Waals surface area contributed by atoms with Crippen molar-refractivity contribution in [3.8, 4) is 0 Å². The summed E-state index contributed by atoms with van der Waals surface area (Å²) in [6.45, 7) is 9.65. The first-order chi connectivity index (χ1) is 9.02. The van der Waals surface area contributed by atoms with Crippen molar-refractivity contribution in [2.24, 2.45) is 17.6 Å². The van der Waals surface area contributed by atoms with E-state index in [0.29, 0.717) is 18.4 Å². The van der Waals surface area contributed by atoms with Crippen molar-refractivity contribution < 1.29 is 0 Å². The maximum absolute atomic E-state index is 5.96. The molecule has 2 N–H and O–H groups in total. The highest BCUT2D eigenvalue weighted by Gasteiger charge is 2.46. The van der Waals surface area contributed by atoms with Gasteiger partial charge in [0.15, 0.2) is 0 Å². The summed E-state index contributed by atoms with van der Waals surface area (Å²) in [6.07, 6.45) is 4.68. The smallest absolute Gasteiger partial charge is 0.0181 e. The topological polar surface area (TPSA) is 26.0 Å². The summed E-state index contributed by atoms with van der Waals surface area (Å²) < 4.78 is 0. The molecule has 1 fully saturated rings. The molecule has 0 spiro atoms. The lowest BCUT2D eigenvalue weighted by Crippen LogP contribution is -2.03. The van der Waals surface area contributed by atoms with Crippen LogP contribution in [0.5, 0.6) is 0 Å². The normalized spacial score (nSPS) is 24.3. The van der Waals surface area contributed by atoms with Crippen LogP contribution in [0.4, 0.5) is 0 Å². The van der Waals surface area contributed by atoms with Gasteiger partial charge in [-0.05, 0) is 47.1 Å². The molecular formula is C18H23N. The summed E-state index contributed by atoms with van der Waals surface area (Å²) >= 11 is 0. The van der Waals surface area contributed by atoms with E-state index in [-0.39, 0.29) is 0 Å². The molecule has 1 heteroatoms. The van der Waals surface area contributed by atoms with Gasteiger partial charge in [-0.1, -0.05) is 50.1 Å². The fraction of sp³-hybridized carbons (Fsp3) is 0.444. The molecule has 0 aliphatic heterocycles. The average molecular weight is 253 g/mol. The molecule has 2 aliphatic rings. The minimum Gasteiger partial charge on any atom is -0.326 e. The molecule has 1 saturated carbocycles. The molecule has 2 aliphatic carbocycles. The molecule has 2 unspecified atom stereocenters. The van der Waals surface area contributed by atoms with Crippen molar-refractivity contribution in [3.05, 3.63) is 45.5 Å². The van der Waals surface area contributed by atoms with Crippen molar-refractivity contribution >= 4 is 12.2 Å². The van der Waals surface area contributed by atoms with Gasteiger partial charge in [-0.3, -0.25) is 0 Å². The molecule has 0 amide bonds. The van der Waals surface area contributed by atoms with Gasteiger partial charge in [0.05, 0.1) is 0 Å². The van der Waals surface area contributed by atoms with Crippen LogP contribution in [0, 0.1) is 11.8 Å². The van der Waals surface area contributed by atoms with E-state index in [1.165, 1.54) is 27.8 Å². The Kier molecular flexibility index (Phi) is 2.90. The van der Waals surface area contributed by atoms with E-state index in [1.54, 1.807) is 5.57 Å². The molecule has 1 nitrogen and oxygen atoms in total. The van der Waals surface area contributed by atoms with Gasteiger partial charge in [0.25, 0.3) is 0 Å². The van der Waals surface area contributed by atoms with Crippen molar-refractivity contribution in [2.45, 2.75) is 40.2 Å². The highest BCUT2D eigenvalue weighted by Crippen LogP contribution is 2.60. The third-order valence-corrected chi connectivity index (χ3v) is 4.75. The molecule has 0 heterocycles. The first kappa shape index (κ1) is 12.7. The van der Waals surface area contributed by atoms with E-state index in [9.17, 15) is 0 Å². The molecule has 19 heavy (non-hydrogen) atoms. The molecule has 100 valence electrons. The Morgan fingerprint density at radius 2 is 2.11 bits per heavy atom. The van der Waals surface area contributed by atoms with E-state index in [4.69, 9.17) is 5.73 Å². The van der Waals surface area contributed by atoms with E-state index in [0.717, 1.165) is 5.92 Å². The van der Waals surface area contributed by atoms with Gasteiger partial charge in [0, 0.05) is 12.5 Å². The quantitative estimate of drug-likeness (QED) is 0.852. The van der Waals surface area contributed by atoms with Crippen LogP contribution in [0.3, 0.4) is 0 Å². The molecule has 0 bridgehead atoms. The van der Waals surface area contributed by atoms with Crippen molar-refractivity contribution in [3.63, 3.8) is 0 Å². The van der Waals surface area contributed by atoms with E-state index >= 15 is 0 Å². The summed E-state index contributed by atoms with van der Waals surface area (Å²) in [5, 5.41) is 0. The van der Waals surface area contributed by atoms with Crippen LogP contribution in [0.1, 0.15) is 55.9 Å². The van der Waals surface area contributed by atoms with E-state index < -0.39 is 0 Å². The molecular weight excluding hydrogens is 230 g/mol. The highest BCUT2D eigenvalue weighted by atomic mass is 14.6. The van der Waals surface area contributed by atoms with Crippen LogP contribution in [0.2, 0.25) is 0 Å². The number of fused-ring (bicyclic) bond motifs is 3. The highest BCUT2D eigenvalue weighted by molar-refractivity contribution is 5.78. The van der Waals surface area contributed by atoms with Crippen LogP contribution >= 0.6 is 0 Å². The van der Waals surface area contributed by atoms with Crippen molar-refractivity contribution in [1.82, 2.24) is 0 Å². The molecule has 0 aromatic heterocycles. The van der Waals surface area contributed by atoms with Gasteiger partial charge in [-0.25, -0.2) is 0 Å². The number of rotatable bonds is 3. The molecule has 2 atom stereocenters. The predicted octanol–water partition coefficient (Wildman–Crippen LogP) is 4.33. The maximum atomic E-state index is 5.96. The number of benzene rings is 1. The molecule has 1 aromatic carbocycles. The Balaban J connectivity index is 2.04. The fourth-order valence-corrected chi connectivity index (χ4v) is 3.18. The minimum atomic E-state index is 0.598. The first-order valence-electron chi connectivity index (χ1n) is 7.29. The minimum absolute atomic E-state index is 0.598. The number of nitrogens with two attached hydrogens (primary N) is 1. The lowest BCUT2D eigenvalue weighted by atomic mass is 9.93. The van der Waals surface area contributed by atoms with Crippen LogP contribution in [-0.4, -0.2) is 0 Å². The second-order valence-corrected chi connectivity index (χ2v) is 6.34. The van der Waals surface area contributed by atoms with Crippen molar-refractivity contribution in [1.29, 1.82) is 0 Å². The van der Waals surface area contributed by atoms with E-state index in [1.807, 2.05) is 0 Å². The average Bonchev–Trinajstić information content (AvgIpc) is 2.84. The lowest BCUT2D eigenvalue weighted by molar-refractivity contribution is 0.776. The van der Waals surface area contributed by atoms with Crippen molar-refractivity contribution in [2.75, 3.05) is 0 Å². The van der Waals surface area contributed by atoms with Gasteiger partial charge >= 0.3 is 0 Å². The largest absolute Gasteiger partial charge is 0.326 e. The zero-order valence-electron chi connectivity index (χ0n) is 12.3. The van der Waals surface area contributed by atoms with E-state index in [2.05, 4.69) is 52.0 Å². The SMILES string of the molecule is C/C(=C\c1cc2c(c(CN)c1)C1C(=C2)C1C)C(C)C. The first-order valence-corrected chi connectivity index (χ1v) is 7.29. The Morgan fingerprint density at radius 3 is 2.74 bits per heavy atom. The summed E-state index contributed by atoms with van der Waals surface area (Å²) in [6, 6.07) is 4.61. The maximum Gasteiger partial charge on any atom is 0.0181 e. The zero-order chi connectivity index (χ0) is 13.7. The number of hydrogen-bond acceptors (Lipinski definition) is 1. The predicted molar refractivity (Wildman–Crippen MR) is 82.7 cm³/mol. The molecule has 0 saturated heterocycles. The Hall–Kier alpha value is -1.34. The Bertz CT molecular complexity index is 590. The molecule has 0 radical (unpaired) electrons.